The number of ether oxygens (including phenoxy) is 1. The topological polar surface area (TPSA) is 55.6 Å². The number of amides is 1. The maximum Gasteiger partial charge on any atom is 0.265 e. The van der Waals surface area contributed by atoms with E-state index in [1.807, 2.05) is 54.0 Å². The van der Waals surface area contributed by atoms with Gasteiger partial charge in [-0.15, -0.1) is 0 Å². The zero-order chi connectivity index (χ0) is 15.3. The highest BCUT2D eigenvalue weighted by Crippen LogP contribution is 2.33. The third kappa shape index (κ3) is 2.02. The van der Waals surface area contributed by atoms with Crippen molar-refractivity contribution in [3.63, 3.8) is 0 Å². The van der Waals surface area contributed by atoms with Gasteiger partial charge in [-0.2, -0.15) is 0 Å². The monoisotopic (exact) mass is 293 g/mol. The van der Waals surface area contributed by atoms with Crippen LogP contribution in [0.25, 0.3) is 16.9 Å². The smallest absolute Gasteiger partial charge is 0.265 e. The molecule has 0 spiro atoms. The molecule has 1 aliphatic rings. The number of nitrogens with one attached hydrogen (secondary N) is 1. The van der Waals surface area contributed by atoms with Gasteiger partial charge >= 0.3 is 0 Å². The van der Waals surface area contributed by atoms with E-state index >= 15 is 0 Å². The van der Waals surface area contributed by atoms with E-state index in [0.717, 1.165) is 16.9 Å². The SMILES string of the molecule is Cc1ccc2nc(-c3ccc4c(c3)NC(=O)C(C)O4)cn2c1. The molecule has 0 aliphatic carbocycles. The minimum Gasteiger partial charge on any atom is -0.479 e. The second kappa shape index (κ2) is 4.59. The summed E-state index contributed by atoms with van der Waals surface area (Å²) in [4.78, 5) is 16.3. The van der Waals surface area contributed by atoms with Gasteiger partial charge in [-0.1, -0.05) is 6.07 Å². The van der Waals surface area contributed by atoms with Crippen molar-refractivity contribution in [1.82, 2.24) is 9.38 Å². The summed E-state index contributed by atoms with van der Waals surface area (Å²) >= 11 is 0. The van der Waals surface area contributed by atoms with Crippen molar-refractivity contribution < 1.29 is 9.53 Å². The van der Waals surface area contributed by atoms with E-state index in [9.17, 15) is 4.79 Å². The van der Waals surface area contributed by atoms with Crippen molar-refractivity contribution in [3.8, 4) is 17.0 Å². The number of fused-ring (bicyclic) bond motifs is 2. The molecule has 5 nitrogen and oxygen atoms in total. The van der Waals surface area contributed by atoms with E-state index in [4.69, 9.17) is 4.74 Å². The molecule has 0 saturated carbocycles. The van der Waals surface area contributed by atoms with Gasteiger partial charge in [0.2, 0.25) is 0 Å². The van der Waals surface area contributed by atoms with Crippen LogP contribution in [-0.4, -0.2) is 21.4 Å². The average Bonchev–Trinajstić information content (AvgIpc) is 2.91. The second-order valence-electron chi connectivity index (χ2n) is 5.56. The van der Waals surface area contributed by atoms with Crippen LogP contribution < -0.4 is 10.1 Å². The Morgan fingerprint density at radius 3 is 2.95 bits per heavy atom. The fraction of sp³-hybridized carbons (Fsp3) is 0.176. The lowest BCUT2D eigenvalue weighted by molar-refractivity contribution is -0.122. The number of pyridine rings is 1. The molecule has 5 heteroatoms. The van der Waals surface area contributed by atoms with E-state index in [-0.39, 0.29) is 5.91 Å². The van der Waals surface area contributed by atoms with Crippen LogP contribution in [-0.2, 0) is 4.79 Å². The molecule has 0 saturated heterocycles. The van der Waals surface area contributed by atoms with Gasteiger partial charge in [0.15, 0.2) is 6.10 Å². The molecule has 4 rings (SSSR count). The fourth-order valence-electron chi connectivity index (χ4n) is 2.61. The largest absolute Gasteiger partial charge is 0.479 e. The summed E-state index contributed by atoms with van der Waals surface area (Å²) in [6.07, 6.45) is 3.56. The van der Waals surface area contributed by atoms with Crippen molar-refractivity contribution in [2.24, 2.45) is 0 Å². The van der Waals surface area contributed by atoms with Gasteiger partial charge in [0.25, 0.3) is 5.91 Å². The normalized spacial score (nSPS) is 17.0. The number of anilines is 1. The van der Waals surface area contributed by atoms with E-state index in [1.165, 1.54) is 5.56 Å². The van der Waals surface area contributed by atoms with Gasteiger partial charge in [0, 0.05) is 18.0 Å². The molecule has 0 fully saturated rings. The van der Waals surface area contributed by atoms with Crippen LogP contribution in [0.15, 0.2) is 42.7 Å². The minimum absolute atomic E-state index is 0.129. The molecule has 1 atom stereocenters. The van der Waals surface area contributed by atoms with E-state index < -0.39 is 6.10 Å². The summed E-state index contributed by atoms with van der Waals surface area (Å²) < 4.78 is 7.57. The first-order valence-electron chi connectivity index (χ1n) is 7.17. The fourth-order valence-corrected chi connectivity index (χ4v) is 2.61. The van der Waals surface area contributed by atoms with Crippen LogP contribution in [0, 0.1) is 6.92 Å². The number of rotatable bonds is 1. The van der Waals surface area contributed by atoms with Crippen LogP contribution >= 0.6 is 0 Å². The van der Waals surface area contributed by atoms with Gasteiger partial charge in [-0.3, -0.25) is 4.79 Å². The van der Waals surface area contributed by atoms with Crippen LogP contribution in [0.3, 0.4) is 0 Å². The Morgan fingerprint density at radius 2 is 2.09 bits per heavy atom. The first-order chi connectivity index (χ1) is 10.6. The van der Waals surface area contributed by atoms with Crippen molar-refractivity contribution in [2.45, 2.75) is 20.0 Å². The predicted molar refractivity (Wildman–Crippen MR) is 84.1 cm³/mol. The van der Waals surface area contributed by atoms with Gasteiger partial charge < -0.3 is 14.5 Å². The molecule has 1 aromatic carbocycles. The van der Waals surface area contributed by atoms with Gasteiger partial charge in [-0.05, 0) is 43.7 Å². The summed E-state index contributed by atoms with van der Waals surface area (Å²) in [6, 6.07) is 9.75. The Kier molecular flexibility index (Phi) is 2.69. The van der Waals surface area contributed by atoms with Crippen molar-refractivity contribution in [3.05, 3.63) is 48.3 Å². The van der Waals surface area contributed by atoms with Crippen LogP contribution in [0.5, 0.6) is 5.75 Å². The number of hydrogen-bond donors (Lipinski definition) is 1. The minimum atomic E-state index is -0.462. The van der Waals surface area contributed by atoms with Crippen molar-refractivity contribution in [1.29, 1.82) is 0 Å². The summed E-state index contributed by atoms with van der Waals surface area (Å²) in [5.74, 6) is 0.561. The number of aryl methyl sites for hydroxylation is 1. The quantitative estimate of drug-likeness (QED) is 0.750. The third-order valence-corrected chi connectivity index (χ3v) is 3.81. The van der Waals surface area contributed by atoms with E-state index in [0.29, 0.717) is 11.4 Å². The van der Waals surface area contributed by atoms with Crippen molar-refractivity contribution in [2.75, 3.05) is 5.32 Å². The standard InChI is InChI=1S/C17H15N3O2/c1-10-3-6-16-18-14(9-20(16)8-10)12-4-5-15-13(7-12)19-17(21)11(2)22-15/h3-9,11H,1-2H3,(H,19,21). The van der Waals surface area contributed by atoms with Crippen LogP contribution in [0.2, 0.25) is 0 Å². The van der Waals surface area contributed by atoms with Crippen molar-refractivity contribution >= 4 is 17.2 Å². The summed E-state index contributed by atoms with van der Waals surface area (Å²) in [6.45, 7) is 3.78. The lowest BCUT2D eigenvalue weighted by Gasteiger charge is -2.23. The third-order valence-electron chi connectivity index (χ3n) is 3.81. The maximum absolute atomic E-state index is 11.7. The number of carbonyl (C=O) groups excluding carboxylic acids is 1. The first-order valence-corrected chi connectivity index (χ1v) is 7.17. The highest BCUT2D eigenvalue weighted by Gasteiger charge is 2.23. The molecule has 110 valence electrons. The molecule has 22 heavy (non-hydrogen) atoms. The van der Waals surface area contributed by atoms with E-state index in [2.05, 4.69) is 10.3 Å². The Labute approximate surface area is 127 Å². The number of hydrogen-bond acceptors (Lipinski definition) is 3. The molecular weight excluding hydrogens is 278 g/mol. The summed E-state index contributed by atoms with van der Waals surface area (Å²) in [5.41, 5.74) is 4.57. The van der Waals surface area contributed by atoms with Gasteiger partial charge in [0.05, 0.1) is 11.4 Å². The van der Waals surface area contributed by atoms with Gasteiger partial charge in [0.1, 0.15) is 11.4 Å². The maximum atomic E-state index is 11.7. The lowest BCUT2D eigenvalue weighted by atomic mass is 10.1. The molecule has 1 N–H and O–H groups in total. The first kappa shape index (κ1) is 12.9. The molecule has 1 amide bonds. The molecule has 1 aliphatic heterocycles. The number of carbonyl (C=O) groups is 1. The Balaban J connectivity index is 1.78. The molecular formula is C17H15N3O2. The Bertz CT molecular complexity index is 898. The predicted octanol–water partition coefficient (Wildman–Crippen LogP) is 3.03. The molecule has 1 unspecified atom stereocenters. The highest BCUT2D eigenvalue weighted by molar-refractivity contribution is 5.98. The lowest BCUT2D eigenvalue weighted by Crippen LogP contribution is -2.34. The average molecular weight is 293 g/mol. The van der Waals surface area contributed by atoms with Crippen LogP contribution in [0.4, 0.5) is 5.69 Å². The number of aromatic nitrogens is 2. The molecule has 3 aromatic rings. The molecule has 0 radical (unpaired) electrons. The number of imidazole rings is 1. The zero-order valence-electron chi connectivity index (χ0n) is 12.3. The number of nitrogens with zero attached hydrogens (tertiary/aromatic N) is 2. The summed E-state index contributed by atoms with van der Waals surface area (Å²) in [5, 5.41) is 2.86. The molecule has 3 heterocycles. The Morgan fingerprint density at radius 1 is 1.23 bits per heavy atom. The molecule has 0 bridgehead atoms. The van der Waals surface area contributed by atoms with Gasteiger partial charge in [-0.25, -0.2) is 4.98 Å². The Hall–Kier alpha value is -2.82. The summed E-state index contributed by atoms with van der Waals surface area (Å²) in [7, 11) is 0. The van der Waals surface area contributed by atoms with Crippen LogP contribution in [0.1, 0.15) is 12.5 Å². The highest BCUT2D eigenvalue weighted by atomic mass is 16.5. The molecule has 2 aromatic heterocycles. The second-order valence-corrected chi connectivity index (χ2v) is 5.56. The number of benzene rings is 1. The zero-order valence-corrected chi connectivity index (χ0v) is 12.3. The van der Waals surface area contributed by atoms with E-state index in [1.54, 1.807) is 6.92 Å².